The summed E-state index contributed by atoms with van der Waals surface area (Å²) in [7, 11) is 0. The second kappa shape index (κ2) is 12.3. The van der Waals surface area contributed by atoms with Gasteiger partial charge in [0.25, 0.3) is 0 Å². The molecule has 3 aliphatic rings. The second-order valence-corrected chi connectivity index (χ2v) is 13.2. The molecule has 2 saturated heterocycles. The van der Waals surface area contributed by atoms with Crippen molar-refractivity contribution >= 4 is 62.4 Å². The molecule has 1 aromatic heterocycles. The minimum Gasteiger partial charge on any atom is -0.481 e. The number of nitrogens with one attached hydrogen (secondary N) is 1. The molecule has 224 valence electrons. The van der Waals surface area contributed by atoms with E-state index in [4.69, 9.17) is 21.9 Å². The van der Waals surface area contributed by atoms with Crippen LogP contribution < -0.4 is 5.32 Å². The summed E-state index contributed by atoms with van der Waals surface area (Å²) in [5.41, 5.74) is 0.709. The van der Waals surface area contributed by atoms with E-state index in [1.54, 1.807) is 33.0 Å². The monoisotopic (exact) mass is 678 g/mol. The second-order valence-electron chi connectivity index (χ2n) is 11.1. The van der Waals surface area contributed by atoms with Gasteiger partial charge in [-0.05, 0) is 50.7 Å². The van der Waals surface area contributed by atoms with E-state index in [2.05, 4.69) is 36.0 Å². The molecule has 0 saturated carbocycles. The Hall–Kier alpha value is -2.94. The molecule has 0 unspecified atom stereocenters. The molecule has 2 atom stereocenters. The lowest BCUT2D eigenvalue weighted by molar-refractivity contribution is -0.147. The SMILES string of the molecule is CCOC(=O)C1=C(CN2CCN3C(=S)N(CC(C)(C)C(=O)O)C[C@@H]3C2)NC(c2nccs2)=N[C@H]1c1ccc(F)cc1Br. The molecule has 14 heteroatoms. The minimum atomic E-state index is -0.932. The smallest absolute Gasteiger partial charge is 0.338 e. The van der Waals surface area contributed by atoms with Gasteiger partial charge in [0.15, 0.2) is 16.0 Å². The van der Waals surface area contributed by atoms with E-state index in [1.807, 2.05) is 10.3 Å². The number of aliphatic carboxylic acids is 1. The molecule has 0 radical (unpaired) electrons. The average molecular weight is 680 g/mol. The number of amidine groups is 1. The van der Waals surface area contributed by atoms with E-state index < -0.39 is 29.2 Å². The first-order valence-corrected chi connectivity index (χ1v) is 15.7. The summed E-state index contributed by atoms with van der Waals surface area (Å²) in [6, 6.07) is 3.67. The normalized spacial score (nSPS) is 21.3. The summed E-state index contributed by atoms with van der Waals surface area (Å²) in [6.45, 7) is 8.74. The summed E-state index contributed by atoms with van der Waals surface area (Å²) >= 11 is 10.6. The largest absolute Gasteiger partial charge is 0.481 e. The van der Waals surface area contributed by atoms with Crippen molar-refractivity contribution in [1.82, 2.24) is 25.0 Å². The highest BCUT2D eigenvalue weighted by molar-refractivity contribution is 9.10. The molecule has 0 amide bonds. The number of hydrogen-bond acceptors (Lipinski definition) is 9. The van der Waals surface area contributed by atoms with E-state index in [-0.39, 0.29) is 12.6 Å². The fourth-order valence-corrected chi connectivity index (χ4v) is 6.99. The number of carbonyl (C=O) groups is 2. The van der Waals surface area contributed by atoms with Crippen LogP contribution in [0.15, 0.2) is 50.5 Å². The van der Waals surface area contributed by atoms with Gasteiger partial charge >= 0.3 is 11.9 Å². The third-order valence-corrected chi connectivity index (χ3v) is 9.53. The Morgan fingerprint density at radius 2 is 2.10 bits per heavy atom. The molecule has 2 N–H and O–H groups in total. The molecule has 4 heterocycles. The van der Waals surface area contributed by atoms with Crippen molar-refractivity contribution in [3.05, 3.63) is 61.9 Å². The minimum absolute atomic E-state index is 0.0835. The van der Waals surface area contributed by atoms with Gasteiger partial charge in [-0.3, -0.25) is 14.7 Å². The number of thiocarbonyl (C=S) groups is 1. The molecular formula is C28H32BrFN6O4S2. The van der Waals surface area contributed by atoms with Gasteiger partial charge in [-0.15, -0.1) is 11.3 Å². The Balaban J connectivity index is 1.45. The topological polar surface area (TPSA) is 111 Å². The lowest BCUT2D eigenvalue weighted by atomic mass is 9.93. The van der Waals surface area contributed by atoms with Crippen LogP contribution >= 0.6 is 39.5 Å². The Morgan fingerprint density at radius 1 is 1.31 bits per heavy atom. The van der Waals surface area contributed by atoms with Gasteiger partial charge < -0.3 is 25.0 Å². The van der Waals surface area contributed by atoms with Crippen LogP contribution in [0.4, 0.5) is 4.39 Å². The van der Waals surface area contributed by atoms with Crippen molar-refractivity contribution in [3.8, 4) is 0 Å². The maximum atomic E-state index is 14.0. The summed E-state index contributed by atoms with van der Waals surface area (Å²) in [5.74, 6) is -1.24. The zero-order valence-corrected chi connectivity index (χ0v) is 26.7. The Morgan fingerprint density at radius 3 is 2.76 bits per heavy atom. The van der Waals surface area contributed by atoms with Crippen molar-refractivity contribution in [3.63, 3.8) is 0 Å². The maximum Gasteiger partial charge on any atom is 0.338 e. The summed E-state index contributed by atoms with van der Waals surface area (Å²) < 4.78 is 20.0. The number of ether oxygens (including phenoxy) is 1. The summed E-state index contributed by atoms with van der Waals surface area (Å²) in [4.78, 5) is 40.9. The highest BCUT2D eigenvalue weighted by Crippen LogP contribution is 2.37. The number of carboxylic acid groups (broad SMARTS) is 1. The van der Waals surface area contributed by atoms with Crippen molar-refractivity contribution in [2.75, 3.05) is 45.9 Å². The molecule has 3 aliphatic heterocycles. The van der Waals surface area contributed by atoms with Crippen LogP contribution in [0.5, 0.6) is 0 Å². The van der Waals surface area contributed by atoms with Crippen molar-refractivity contribution in [2.45, 2.75) is 32.9 Å². The lowest BCUT2D eigenvalue weighted by Crippen LogP contribution is -2.53. The number of halogens is 2. The van der Waals surface area contributed by atoms with E-state index >= 15 is 0 Å². The first-order chi connectivity index (χ1) is 20.0. The van der Waals surface area contributed by atoms with Gasteiger partial charge in [-0.1, -0.05) is 22.0 Å². The summed E-state index contributed by atoms with van der Waals surface area (Å²) in [6.07, 6.45) is 1.69. The molecule has 1 aromatic carbocycles. The number of nitrogens with zero attached hydrogens (tertiary/aromatic N) is 5. The van der Waals surface area contributed by atoms with Crippen LogP contribution in [0, 0.1) is 11.2 Å². The molecular weight excluding hydrogens is 647 g/mol. The van der Waals surface area contributed by atoms with Crippen LogP contribution in [0.2, 0.25) is 0 Å². The number of aromatic nitrogens is 1. The zero-order valence-electron chi connectivity index (χ0n) is 23.5. The summed E-state index contributed by atoms with van der Waals surface area (Å²) in [5, 5.41) is 16.2. The average Bonchev–Trinajstić information content (AvgIpc) is 3.57. The third-order valence-electron chi connectivity index (χ3n) is 7.57. The Labute approximate surface area is 261 Å². The number of esters is 1. The first-order valence-electron chi connectivity index (χ1n) is 13.6. The third kappa shape index (κ3) is 6.21. The Bertz CT molecular complexity index is 1450. The number of aliphatic imine (C=N–C) groups is 1. The van der Waals surface area contributed by atoms with Crippen LogP contribution in [0.3, 0.4) is 0 Å². The van der Waals surface area contributed by atoms with Gasteiger partial charge in [-0.25, -0.2) is 14.2 Å². The van der Waals surface area contributed by atoms with Crippen LogP contribution in [-0.4, -0.2) is 99.6 Å². The number of carbonyl (C=O) groups excluding carboxylic acids is 1. The van der Waals surface area contributed by atoms with Gasteiger partial charge in [0.05, 0.1) is 23.6 Å². The van der Waals surface area contributed by atoms with Crippen molar-refractivity contribution in [1.29, 1.82) is 0 Å². The fourth-order valence-electron chi connectivity index (χ4n) is 5.45. The molecule has 42 heavy (non-hydrogen) atoms. The van der Waals surface area contributed by atoms with Gasteiger partial charge in [-0.2, -0.15) is 0 Å². The maximum absolute atomic E-state index is 14.0. The van der Waals surface area contributed by atoms with Crippen molar-refractivity contribution in [2.24, 2.45) is 10.4 Å². The molecule has 5 rings (SSSR count). The van der Waals surface area contributed by atoms with E-state index in [1.165, 1.54) is 23.5 Å². The zero-order chi connectivity index (χ0) is 30.2. The standard InChI is InChI=1S/C28H32BrFN6O4S2/c1-4-40-25(37)21-20(14-34-8-9-36-17(12-34)13-35(27(36)41)15-28(2,3)26(38)39)32-23(24-31-7-10-42-24)33-22(21)18-6-5-16(30)11-19(18)29/h5-7,10-11,17,22H,4,8-9,12-15H2,1-3H3,(H,32,33)(H,38,39)/t17-,22-/m0/s1. The molecule has 0 spiro atoms. The number of thiazole rings is 1. The van der Waals surface area contributed by atoms with Crippen LogP contribution in [0.1, 0.15) is 37.4 Å². The predicted octanol–water partition coefficient (Wildman–Crippen LogP) is 3.65. The number of benzene rings is 1. The molecule has 2 fully saturated rings. The first kappa shape index (κ1) is 30.5. The fraction of sp³-hybridized carbons (Fsp3) is 0.464. The number of piperazine rings is 1. The molecule has 2 aromatic rings. The van der Waals surface area contributed by atoms with E-state index in [9.17, 15) is 19.1 Å². The number of rotatable bonds is 9. The van der Waals surface area contributed by atoms with Gasteiger partial charge in [0.1, 0.15) is 11.9 Å². The number of carboxylic acids is 1. The van der Waals surface area contributed by atoms with Crippen LogP contribution in [-0.2, 0) is 14.3 Å². The number of fused-ring (bicyclic) bond motifs is 1. The van der Waals surface area contributed by atoms with E-state index in [0.29, 0.717) is 76.5 Å². The molecule has 0 aliphatic carbocycles. The highest BCUT2D eigenvalue weighted by atomic mass is 79.9. The predicted molar refractivity (Wildman–Crippen MR) is 165 cm³/mol. The van der Waals surface area contributed by atoms with E-state index in [0.717, 1.165) is 0 Å². The lowest BCUT2D eigenvalue weighted by Gasteiger charge is -2.38. The van der Waals surface area contributed by atoms with Gasteiger partial charge in [0.2, 0.25) is 0 Å². The van der Waals surface area contributed by atoms with Gasteiger partial charge in [0, 0.05) is 61.0 Å². The van der Waals surface area contributed by atoms with Crippen molar-refractivity contribution < 1.29 is 23.8 Å². The number of hydrogen-bond donors (Lipinski definition) is 2. The quantitative estimate of drug-likeness (QED) is 0.301. The molecule has 0 bridgehead atoms. The highest BCUT2D eigenvalue weighted by Gasteiger charge is 2.42. The molecule has 10 nitrogen and oxygen atoms in total. The Kier molecular flexibility index (Phi) is 8.97. The van der Waals surface area contributed by atoms with Crippen LogP contribution in [0.25, 0.3) is 0 Å².